The van der Waals surface area contributed by atoms with Gasteiger partial charge in [-0.1, -0.05) is 25.2 Å². The Morgan fingerprint density at radius 1 is 1.20 bits per heavy atom. The van der Waals surface area contributed by atoms with Gasteiger partial charge in [0, 0.05) is 25.3 Å². The van der Waals surface area contributed by atoms with Crippen LogP contribution in [0.4, 0.5) is 5.69 Å². The Balaban J connectivity index is 2.50. The van der Waals surface area contributed by atoms with E-state index in [1.807, 2.05) is 50.2 Å². The van der Waals surface area contributed by atoms with Crippen molar-refractivity contribution in [1.29, 1.82) is 0 Å². The SMILES string of the molecule is CCCCS(=O)(=O)NCC#Cc1ccc(N(C)C)cc1. The van der Waals surface area contributed by atoms with Crippen LogP contribution in [-0.4, -0.2) is 34.8 Å². The van der Waals surface area contributed by atoms with Crippen LogP contribution in [0.25, 0.3) is 0 Å². The molecule has 1 aromatic rings. The fraction of sp³-hybridized carbons (Fsp3) is 0.467. The molecule has 0 bridgehead atoms. The molecule has 0 amide bonds. The first-order valence-electron chi connectivity index (χ1n) is 6.68. The van der Waals surface area contributed by atoms with Crippen molar-refractivity contribution >= 4 is 15.7 Å². The molecule has 0 radical (unpaired) electrons. The van der Waals surface area contributed by atoms with Crippen LogP contribution < -0.4 is 9.62 Å². The molecule has 0 saturated heterocycles. The normalized spacial score (nSPS) is 10.8. The third kappa shape index (κ3) is 6.09. The second-order valence-corrected chi connectivity index (χ2v) is 6.66. The van der Waals surface area contributed by atoms with Gasteiger partial charge in [-0.2, -0.15) is 0 Å². The van der Waals surface area contributed by atoms with Crippen LogP contribution in [0.15, 0.2) is 24.3 Å². The van der Waals surface area contributed by atoms with Gasteiger partial charge in [0.1, 0.15) is 0 Å². The van der Waals surface area contributed by atoms with Crippen molar-refractivity contribution in [1.82, 2.24) is 4.72 Å². The Morgan fingerprint density at radius 3 is 2.40 bits per heavy atom. The second kappa shape index (κ2) is 7.93. The standard InChI is InChI=1S/C15H22N2O2S/c1-4-5-13-20(18,19)16-12-6-7-14-8-10-15(11-9-14)17(2)3/h8-11,16H,4-5,12-13H2,1-3H3. The molecule has 0 aliphatic carbocycles. The quantitative estimate of drug-likeness (QED) is 0.814. The maximum atomic E-state index is 11.5. The number of rotatable bonds is 6. The maximum Gasteiger partial charge on any atom is 0.212 e. The first-order chi connectivity index (χ1) is 9.44. The molecule has 0 spiro atoms. The van der Waals surface area contributed by atoms with Crippen LogP contribution in [0, 0.1) is 11.8 Å². The van der Waals surface area contributed by atoms with Crippen molar-refractivity contribution in [3.63, 3.8) is 0 Å². The molecular formula is C15H22N2O2S. The van der Waals surface area contributed by atoms with Crippen LogP contribution in [0.5, 0.6) is 0 Å². The molecule has 0 aliphatic rings. The number of hydrogen-bond donors (Lipinski definition) is 1. The van der Waals surface area contributed by atoms with Crippen molar-refractivity contribution in [2.45, 2.75) is 19.8 Å². The molecule has 0 aromatic heterocycles. The highest BCUT2D eigenvalue weighted by atomic mass is 32.2. The zero-order chi connectivity index (χ0) is 15.0. The summed E-state index contributed by atoms with van der Waals surface area (Å²) in [5, 5.41) is 0. The lowest BCUT2D eigenvalue weighted by Crippen LogP contribution is -2.26. The number of anilines is 1. The molecule has 0 fully saturated rings. The number of sulfonamides is 1. The Bertz CT molecular complexity index is 566. The van der Waals surface area contributed by atoms with Gasteiger partial charge in [-0.3, -0.25) is 0 Å². The monoisotopic (exact) mass is 294 g/mol. The molecule has 4 nitrogen and oxygen atoms in total. The summed E-state index contributed by atoms with van der Waals surface area (Å²) in [5.41, 5.74) is 1.99. The average Bonchev–Trinajstić information content (AvgIpc) is 2.42. The third-order valence-corrected chi connectivity index (χ3v) is 4.17. The van der Waals surface area contributed by atoms with Crippen LogP contribution in [-0.2, 0) is 10.0 Å². The summed E-state index contributed by atoms with van der Waals surface area (Å²) in [6, 6.07) is 7.81. The smallest absolute Gasteiger partial charge is 0.212 e. The average molecular weight is 294 g/mol. The Labute approximate surface area is 122 Å². The topological polar surface area (TPSA) is 49.4 Å². The van der Waals surface area contributed by atoms with E-state index in [2.05, 4.69) is 16.6 Å². The molecule has 0 unspecified atom stereocenters. The van der Waals surface area contributed by atoms with Gasteiger partial charge in [-0.15, -0.1) is 0 Å². The van der Waals surface area contributed by atoms with Gasteiger partial charge in [0.2, 0.25) is 10.0 Å². The summed E-state index contributed by atoms with van der Waals surface area (Å²) < 4.78 is 25.6. The van der Waals surface area contributed by atoms with Gasteiger partial charge in [0.05, 0.1) is 12.3 Å². The van der Waals surface area contributed by atoms with E-state index in [1.165, 1.54) is 0 Å². The fourth-order valence-corrected chi connectivity index (χ4v) is 2.65. The van der Waals surface area contributed by atoms with E-state index in [0.29, 0.717) is 6.42 Å². The minimum absolute atomic E-state index is 0.154. The van der Waals surface area contributed by atoms with E-state index in [0.717, 1.165) is 17.7 Å². The molecule has 1 N–H and O–H groups in total. The number of unbranched alkanes of at least 4 members (excludes halogenated alkanes) is 1. The van der Waals surface area contributed by atoms with Gasteiger partial charge in [-0.25, -0.2) is 13.1 Å². The second-order valence-electron chi connectivity index (χ2n) is 4.74. The van der Waals surface area contributed by atoms with E-state index in [1.54, 1.807) is 0 Å². The van der Waals surface area contributed by atoms with E-state index in [-0.39, 0.29) is 12.3 Å². The molecule has 0 aliphatic heterocycles. The summed E-state index contributed by atoms with van der Waals surface area (Å²) >= 11 is 0. The Hall–Kier alpha value is -1.51. The maximum absolute atomic E-state index is 11.5. The van der Waals surface area contributed by atoms with Gasteiger partial charge >= 0.3 is 0 Å². The highest BCUT2D eigenvalue weighted by Gasteiger charge is 2.06. The van der Waals surface area contributed by atoms with Crippen LogP contribution in [0.2, 0.25) is 0 Å². The van der Waals surface area contributed by atoms with Crippen molar-refractivity contribution in [2.24, 2.45) is 0 Å². The predicted octanol–water partition coefficient (Wildman–Crippen LogP) is 1.82. The zero-order valence-electron chi connectivity index (χ0n) is 12.3. The largest absolute Gasteiger partial charge is 0.378 e. The van der Waals surface area contributed by atoms with Crippen LogP contribution in [0.1, 0.15) is 25.3 Å². The Morgan fingerprint density at radius 2 is 1.85 bits per heavy atom. The van der Waals surface area contributed by atoms with Crippen molar-refractivity contribution < 1.29 is 8.42 Å². The van der Waals surface area contributed by atoms with Crippen molar-refractivity contribution in [3.05, 3.63) is 29.8 Å². The van der Waals surface area contributed by atoms with E-state index >= 15 is 0 Å². The molecule has 0 saturated carbocycles. The molecule has 20 heavy (non-hydrogen) atoms. The summed E-state index contributed by atoms with van der Waals surface area (Å²) in [6.45, 7) is 2.12. The number of hydrogen-bond acceptors (Lipinski definition) is 3. The molecular weight excluding hydrogens is 272 g/mol. The highest BCUT2D eigenvalue weighted by molar-refractivity contribution is 7.89. The van der Waals surface area contributed by atoms with Crippen molar-refractivity contribution in [3.8, 4) is 11.8 Å². The van der Waals surface area contributed by atoms with Gasteiger partial charge in [0.25, 0.3) is 0 Å². The lowest BCUT2D eigenvalue weighted by Gasteiger charge is -2.11. The molecule has 110 valence electrons. The molecule has 0 atom stereocenters. The van der Waals surface area contributed by atoms with Gasteiger partial charge < -0.3 is 4.90 Å². The van der Waals surface area contributed by atoms with Gasteiger partial charge in [-0.05, 0) is 30.7 Å². The minimum Gasteiger partial charge on any atom is -0.378 e. The minimum atomic E-state index is -3.18. The Kier molecular flexibility index (Phi) is 6.56. The first kappa shape index (κ1) is 16.5. The summed E-state index contributed by atoms with van der Waals surface area (Å²) in [5.74, 6) is 5.94. The predicted molar refractivity (Wildman–Crippen MR) is 84.3 cm³/mol. The third-order valence-electron chi connectivity index (χ3n) is 2.76. The zero-order valence-corrected chi connectivity index (χ0v) is 13.1. The fourth-order valence-electron chi connectivity index (χ4n) is 1.54. The number of nitrogens with one attached hydrogen (secondary N) is 1. The molecule has 0 heterocycles. The van der Waals surface area contributed by atoms with Crippen molar-refractivity contribution in [2.75, 3.05) is 31.3 Å². The van der Waals surface area contributed by atoms with Crippen LogP contribution >= 0.6 is 0 Å². The summed E-state index contributed by atoms with van der Waals surface area (Å²) in [7, 11) is 0.781. The summed E-state index contributed by atoms with van der Waals surface area (Å²) in [4.78, 5) is 2.01. The van der Waals surface area contributed by atoms with E-state index in [4.69, 9.17) is 0 Å². The highest BCUT2D eigenvalue weighted by Crippen LogP contribution is 2.11. The van der Waals surface area contributed by atoms with Crippen LogP contribution in [0.3, 0.4) is 0 Å². The first-order valence-corrected chi connectivity index (χ1v) is 8.33. The number of benzene rings is 1. The lowest BCUT2D eigenvalue weighted by atomic mass is 10.2. The molecule has 1 aromatic carbocycles. The molecule has 1 rings (SSSR count). The molecule has 5 heteroatoms. The number of nitrogens with zero attached hydrogens (tertiary/aromatic N) is 1. The summed E-state index contributed by atoms with van der Waals surface area (Å²) in [6.07, 6.45) is 1.54. The van der Waals surface area contributed by atoms with E-state index in [9.17, 15) is 8.42 Å². The van der Waals surface area contributed by atoms with Gasteiger partial charge in [0.15, 0.2) is 0 Å². The lowest BCUT2D eigenvalue weighted by molar-refractivity contribution is 0.582. The van der Waals surface area contributed by atoms with E-state index < -0.39 is 10.0 Å².